The first-order valence-electron chi connectivity index (χ1n) is 5.88. The van der Waals surface area contributed by atoms with E-state index in [1.165, 1.54) is 12.0 Å². The number of benzene rings is 1. The number of hydrogen-bond acceptors (Lipinski definition) is 1. The van der Waals surface area contributed by atoms with Gasteiger partial charge in [0, 0.05) is 16.3 Å². The number of Topliss-reactive ketones (excluding diaryl/α,β-unsaturated/α-hetero) is 1. The van der Waals surface area contributed by atoms with Crippen molar-refractivity contribution in [1.82, 2.24) is 0 Å². The minimum atomic E-state index is -0.126. The standard InChI is InChI=1S/C14H17BrO/c1-14(8-3-2-7-13(14)16)10-11-5-4-6-12(15)9-11/h4-6,9H,2-3,7-8,10H2,1H3/t14-/m0/s1. The highest BCUT2D eigenvalue weighted by atomic mass is 79.9. The van der Waals surface area contributed by atoms with Gasteiger partial charge < -0.3 is 0 Å². The van der Waals surface area contributed by atoms with Crippen molar-refractivity contribution < 1.29 is 4.79 Å². The van der Waals surface area contributed by atoms with Crippen LogP contribution in [-0.4, -0.2) is 5.78 Å². The van der Waals surface area contributed by atoms with Crippen molar-refractivity contribution in [1.29, 1.82) is 0 Å². The molecule has 1 fully saturated rings. The Balaban J connectivity index is 2.16. The molecule has 1 saturated carbocycles. The van der Waals surface area contributed by atoms with Crippen LogP contribution in [0.2, 0.25) is 0 Å². The average molecular weight is 281 g/mol. The molecule has 1 aliphatic rings. The third-order valence-corrected chi connectivity index (χ3v) is 4.03. The van der Waals surface area contributed by atoms with Gasteiger partial charge in [0.1, 0.15) is 5.78 Å². The number of carbonyl (C=O) groups is 1. The molecule has 0 aromatic heterocycles. The lowest BCUT2D eigenvalue weighted by molar-refractivity contribution is -0.130. The summed E-state index contributed by atoms with van der Waals surface area (Å²) in [6.07, 6.45) is 4.96. The van der Waals surface area contributed by atoms with Gasteiger partial charge in [-0.15, -0.1) is 0 Å². The van der Waals surface area contributed by atoms with Gasteiger partial charge in [-0.05, 0) is 37.0 Å². The zero-order valence-electron chi connectivity index (χ0n) is 9.63. The smallest absolute Gasteiger partial charge is 0.139 e. The van der Waals surface area contributed by atoms with Gasteiger partial charge in [-0.25, -0.2) is 0 Å². The molecule has 2 rings (SSSR count). The summed E-state index contributed by atoms with van der Waals surface area (Å²) < 4.78 is 1.09. The summed E-state index contributed by atoms with van der Waals surface area (Å²) in [4.78, 5) is 12.0. The first kappa shape index (κ1) is 11.8. The van der Waals surface area contributed by atoms with E-state index in [-0.39, 0.29) is 5.41 Å². The minimum absolute atomic E-state index is 0.126. The number of hydrogen-bond donors (Lipinski definition) is 0. The van der Waals surface area contributed by atoms with Crippen LogP contribution in [0.25, 0.3) is 0 Å². The Morgan fingerprint density at radius 3 is 2.88 bits per heavy atom. The van der Waals surface area contributed by atoms with Gasteiger partial charge in [0.2, 0.25) is 0 Å². The van der Waals surface area contributed by atoms with E-state index in [1.54, 1.807) is 0 Å². The van der Waals surface area contributed by atoms with Gasteiger partial charge in [-0.3, -0.25) is 4.79 Å². The molecule has 0 heterocycles. The van der Waals surface area contributed by atoms with Crippen LogP contribution in [0.4, 0.5) is 0 Å². The zero-order valence-corrected chi connectivity index (χ0v) is 11.2. The molecular weight excluding hydrogens is 264 g/mol. The van der Waals surface area contributed by atoms with Crippen molar-refractivity contribution in [2.24, 2.45) is 5.41 Å². The third-order valence-electron chi connectivity index (χ3n) is 3.54. The number of rotatable bonds is 2. The molecule has 1 aromatic rings. The zero-order chi connectivity index (χ0) is 11.6. The highest BCUT2D eigenvalue weighted by Crippen LogP contribution is 2.36. The van der Waals surface area contributed by atoms with Crippen molar-refractivity contribution in [3.8, 4) is 0 Å². The van der Waals surface area contributed by atoms with E-state index in [1.807, 2.05) is 12.1 Å². The minimum Gasteiger partial charge on any atom is -0.299 e. The second kappa shape index (κ2) is 4.70. The molecule has 0 N–H and O–H groups in total. The van der Waals surface area contributed by atoms with Crippen LogP contribution in [0.5, 0.6) is 0 Å². The number of carbonyl (C=O) groups excluding carboxylic acids is 1. The third kappa shape index (κ3) is 2.54. The van der Waals surface area contributed by atoms with Crippen molar-refractivity contribution >= 4 is 21.7 Å². The number of ketones is 1. The quantitative estimate of drug-likeness (QED) is 0.796. The van der Waals surface area contributed by atoms with Crippen LogP contribution in [0.15, 0.2) is 28.7 Å². The molecule has 1 aliphatic carbocycles. The van der Waals surface area contributed by atoms with Crippen molar-refractivity contribution in [3.05, 3.63) is 34.3 Å². The Morgan fingerprint density at radius 2 is 2.19 bits per heavy atom. The molecule has 0 saturated heterocycles. The van der Waals surface area contributed by atoms with Gasteiger partial charge in [0.25, 0.3) is 0 Å². The monoisotopic (exact) mass is 280 g/mol. The van der Waals surface area contributed by atoms with Crippen LogP contribution >= 0.6 is 15.9 Å². The van der Waals surface area contributed by atoms with Crippen LogP contribution in [-0.2, 0) is 11.2 Å². The summed E-state index contributed by atoms with van der Waals surface area (Å²) in [7, 11) is 0. The molecular formula is C14H17BrO. The van der Waals surface area contributed by atoms with Gasteiger partial charge >= 0.3 is 0 Å². The molecule has 16 heavy (non-hydrogen) atoms. The topological polar surface area (TPSA) is 17.1 Å². The molecule has 1 nitrogen and oxygen atoms in total. The highest BCUT2D eigenvalue weighted by Gasteiger charge is 2.34. The second-order valence-corrected chi connectivity index (χ2v) is 5.91. The molecule has 0 amide bonds. The summed E-state index contributed by atoms with van der Waals surface area (Å²) in [5, 5.41) is 0. The van der Waals surface area contributed by atoms with E-state index in [9.17, 15) is 4.79 Å². The first-order valence-corrected chi connectivity index (χ1v) is 6.67. The molecule has 0 unspecified atom stereocenters. The maximum Gasteiger partial charge on any atom is 0.139 e. The number of halogens is 1. The van der Waals surface area contributed by atoms with E-state index >= 15 is 0 Å². The van der Waals surface area contributed by atoms with E-state index in [4.69, 9.17) is 0 Å². The molecule has 86 valence electrons. The Kier molecular flexibility index (Phi) is 3.48. The van der Waals surface area contributed by atoms with Crippen LogP contribution in [0.1, 0.15) is 38.2 Å². The fraction of sp³-hybridized carbons (Fsp3) is 0.500. The molecule has 2 heteroatoms. The molecule has 1 atom stereocenters. The lowest BCUT2D eigenvalue weighted by Gasteiger charge is -2.32. The molecule has 1 aromatic carbocycles. The maximum atomic E-state index is 12.0. The summed E-state index contributed by atoms with van der Waals surface area (Å²) in [5.41, 5.74) is 1.13. The largest absolute Gasteiger partial charge is 0.299 e. The average Bonchev–Trinajstić information content (AvgIpc) is 2.23. The molecule has 0 bridgehead atoms. The van der Waals surface area contributed by atoms with Gasteiger partial charge in [-0.1, -0.05) is 41.4 Å². The fourth-order valence-corrected chi connectivity index (χ4v) is 2.97. The lowest BCUT2D eigenvalue weighted by Crippen LogP contribution is -2.33. The second-order valence-electron chi connectivity index (χ2n) is 5.00. The van der Waals surface area contributed by atoms with Crippen LogP contribution in [0.3, 0.4) is 0 Å². The highest BCUT2D eigenvalue weighted by molar-refractivity contribution is 9.10. The van der Waals surface area contributed by atoms with E-state index in [0.29, 0.717) is 5.78 Å². The first-order chi connectivity index (χ1) is 7.60. The van der Waals surface area contributed by atoms with Crippen LogP contribution < -0.4 is 0 Å². The maximum absolute atomic E-state index is 12.0. The fourth-order valence-electron chi connectivity index (χ4n) is 2.53. The van der Waals surface area contributed by atoms with E-state index < -0.39 is 0 Å². The van der Waals surface area contributed by atoms with Crippen molar-refractivity contribution in [2.45, 2.75) is 39.0 Å². The van der Waals surface area contributed by atoms with Gasteiger partial charge in [0.05, 0.1) is 0 Å². The predicted molar refractivity (Wildman–Crippen MR) is 69.4 cm³/mol. The van der Waals surface area contributed by atoms with Gasteiger partial charge in [-0.2, -0.15) is 0 Å². The lowest BCUT2D eigenvalue weighted by atomic mass is 9.71. The molecule has 0 aliphatic heterocycles. The summed E-state index contributed by atoms with van der Waals surface area (Å²) >= 11 is 3.47. The molecule has 0 spiro atoms. The Hall–Kier alpha value is -0.630. The van der Waals surface area contributed by atoms with E-state index in [0.717, 1.165) is 30.2 Å². The Bertz CT molecular complexity index is 399. The SMILES string of the molecule is C[C@@]1(Cc2cccc(Br)c2)CCCCC1=O. The normalized spacial score (nSPS) is 25.8. The van der Waals surface area contributed by atoms with Crippen molar-refractivity contribution in [3.63, 3.8) is 0 Å². The predicted octanol–water partition coefficient (Wildman–Crippen LogP) is 4.14. The summed E-state index contributed by atoms with van der Waals surface area (Å²) in [6.45, 7) is 2.12. The van der Waals surface area contributed by atoms with Crippen molar-refractivity contribution in [2.75, 3.05) is 0 Å². The van der Waals surface area contributed by atoms with Gasteiger partial charge in [0.15, 0.2) is 0 Å². The molecule has 0 radical (unpaired) electrons. The summed E-state index contributed by atoms with van der Waals surface area (Å²) in [5.74, 6) is 0.443. The van der Waals surface area contributed by atoms with E-state index in [2.05, 4.69) is 35.0 Å². The Labute approximate surface area is 105 Å². The Morgan fingerprint density at radius 1 is 1.38 bits per heavy atom. The van der Waals surface area contributed by atoms with Crippen LogP contribution in [0, 0.1) is 5.41 Å². The summed E-state index contributed by atoms with van der Waals surface area (Å²) in [6, 6.07) is 8.29.